The summed E-state index contributed by atoms with van der Waals surface area (Å²) in [6, 6.07) is 16.4. The standard InChI is InChI=1S/C16H17Cl2N/c1-2-19(12-13-7-4-3-5-8-13)16-10-6-9-15(18)14(16)11-17/h3-10H,2,11-12H2,1H3. The van der Waals surface area contributed by atoms with Crippen LogP contribution >= 0.6 is 23.2 Å². The van der Waals surface area contributed by atoms with Crippen molar-refractivity contribution in [1.82, 2.24) is 0 Å². The van der Waals surface area contributed by atoms with E-state index in [0.717, 1.165) is 29.4 Å². The van der Waals surface area contributed by atoms with E-state index < -0.39 is 0 Å². The van der Waals surface area contributed by atoms with Crippen LogP contribution in [0.1, 0.15) is 18.1 Å². The Morgan fingerprint density at radius 3 is 2.37 bits per heavy atom. The van der Waals surface area contributed by atoms with E-state index in [0.29, 0.717) is 5.88 Å². The molecule has 19 heavy (non-hydrogen) atoms. The van der Waals surface area contributed by atoms with Crippen molar-refractivity contribution in [1.29, 1.82) is 0 Å². The zero-order chi connectivity index (χ0) is 13.7. The minimum absolute atomic E-state index is 0.431. The fourth-order valence-electron chi connectivity index (χ4n) is 2.15. The third kappa shape index (κ3) is 3.43. The minimum Gasteiger partial charge on any atom is -0.367 e. The van der Waals surface area contributed by atoms with Crippen LogP contribution in [-0.4, -0.2) is 6.54 Å². The van der Waals surface area contributed by atoms with E-state index in [2.05, 4.69) is 42.2 Å². The average molecular weight is 294 g/mol. The van der Waals surface area contributed by atoms with Crippen molar-refractivity contribution in [2.75, 3.05) is 11.4 Å². The van der Waals surface area contributed by atoms with E-state index in [1.807, 2.05) is 18.2 Å². The van der Waals surface area contributed by atoms with E-state index in [1.54, 1.807) is 0 Å². The quantitative estimate of drug-likeness (QED) is 0.693. The van der Waals surface area contributed by atoms with Gasteiger partial charge in [0, 0.05) is 29.4 Å². The van der Waals surface area contributed by atoms with Crippen LogP contribution in [-0.2, 0) is 12.4 Å². The molecule has 2 aromatic carbocycles. The molecule has 0 saturated heterocycles. The maximum absolute atomic E-state index is 6.22. The fourth-order valence-corrected chi connectivity index (χ4v) is 2.73. The van der Waals surface area contributed by atoms with Crippen LogP contribution < -0.4 is 4.90 Å². The van der Waals surface area contributed by atoms with Crippen molar-refractivity contribution in [3.05, 3.63) is 64.7 Å². The van der Waals surface area contributed by atoms with Crippen molar-refractivity contribution in [3.8, 4) is 0 Å². The SMILES string of the molecule is CCN(Cc1ccccc1)c1cccc(Cl)c1CCl. The molecule has 0 atom stereocenters. The summed E-state index contributed by atoms with van der Waals surface area (Å²) >= 11 is 12.3. The van der Waals surface area contributed by atoms with Crippen LogP contribution in [0.4, 0.5) is 5.69 Å². The van der Waals surface area contributed by atoms with Gasteiger partial charge >= 0.3 is 0 Å². The van der Waals surface area contributed by atoms with Crippen molar-refractivity contribution in [2.24, 2.45) is 0 Å². The fraction of sp³-hybridized carbons (Fsp3) is 0.250. The molecule has 100 valence electrons. The van der Waals surface area contributed by atoms with Crippen LogP contribution in [0.5, 0.6) is 0 Å². The van der Waals surface area contributed by atoms with Crippen LogP contribution in [0.2, 0.25) is 5.02 Å². The zero-order valence-corrected chi connectivity index (χ0v) is 12.5. The van der Waals surface area contributed by atoms with Crippen LogP contribution in [0.15, 0.2) is 48.5 Å². The lowest BCUT2D eigenvalue weighted by Gasteiger charge is -2.26. The summed E-state index contributed by atoms with van der Waals surface area (Å²) in [7, 11) is 0. The van der Waals surface area contributed by atoms with Crippen LogP contribution in [0, 0.1) is 0 Å². The summed E-state index contributed by atoms with van der Waals surface area (Å²) in [5, 5.41) is 0.735. The lowest BCUT2D eigenvalue weighted by Crippen LogP contribution is -2.23. The Labute approximate surface area is 124 Å². The molecule has 0 fully saturated rings. The van der Waals surface area contributed by atoms with Crippen LogP contribution in [0.25, 0.3) is 0 Å². The molecule has 0 heterocycles. The molecule has 0 aliphatic heterocycles. The molecule has 0 N–H and O–H groups in total. The number of hydrogen-bond acceptors (Lipinski definition) is 1. The first-order valence-corrected chi connectivity index (χ1v) is 7.29. The lowest BCUT2D eigenvalue weighted by atomic mass is 10.1. The molecule has 0 unspecified atom stereocenters. The summed E-state index contributed by atoms with van der Waals surface area (Å²) in [5.74, 6) is 0.431. The number of nitrogens with zero attached hydrogens (tertiary/aromatic N) is 1. The van der Waals surface area contributed by atoms with Crippen molar-refractivity contribution in [3.63, 3.8) is 0 Å². The summed E-state index contributed by atoms with van der Waals surface area (Å²) in [4.78, 5) is 2.29. The molecule has 0 aliphatic rings. The minimum atomic E-state index is 0.431. The van der Waals surface area contributed by atoms with Gasteiger partial charge in [-0.05, 0) is 24.6 Å². The monoisotopic (exact) mass is 293 g/mol. The lowest BCUT2D eigenvalue weighted by molar-refractivity contribution is 0.827. The number of anilines is 1. The maximum atomic E-state index is 6.22. The highest BCUT2D eigenvalue weighted by Crippen LogP contribution is 2.29. The molecule has 0 amide bonds. The molecule has 0 saturated carbocycles. The van der Waals surface area contributed by atoms with E-state index >= 15 is 0 Å². The Balaban J connectivity index is 2.30. The highest BCUT2D eigenvalue weighted by atomic mass is 35.5. The molecule has 3 heteroatoms. The number of rotatable bonds is 5. The summed E-state index contributed by atoms with van der Waals surface area (Å²) in [6.07, 6.45) is 0. The Morgan fingerprint density at radius 1 is 1.00 bits per heavy atom. The van der Waals surface area contributed by atoms with E-state index in [9.17, 15) is 0 Å². The van der Waals surface area contributed by atoms with Gasteiger partial charge in [-0.25, -0.2) is 0 Å². The second-order valence-electron chi connectivity index (χ2n) is 4.37. The van der Waals surface area contributed by atoms with Crippen molar-refractivity contribution in [2.45, 2.75) is 19.3 Å². The first-order valence-electron chi connectivity index (χ1n) is 6.38. The Hall–Kier alpha value is -1.18. The van der Waals surface area contributed by atoms with Crippen molar-refractivity contribution >= 4 is 28.9 Å². The third-order valence-corrected chi connectivity index (χ3v) is 3.79. The van der Waals surface area contributed by atoms with Gasteiger partial charge in [-0.3, -0.25) is 0 Å². The number of alkyl halides is 1. The predicted octanol–water partition coefficient (Wildman–Crippen LogP) is 5.11. The van der Waals surface area contributed by atoms with E-state index in [4.69, 9.17) is 23.2 Å². The Kier molecular flexibility index (Phi) is 5.12. The molecule has 1 nitrogen and oxygen atoms in total. The molecular formula is C16H17Cl2N. The van der Waals surface area contributed by atoms with Crippen LogP contribution in [0.3, 0.4) is 0 Å². The normalized spacial score (nSPS) is 10.5. The van der Waals surface area contributed by atoms with Gasteiger partial charge in [-0.1, -0.05) is 48.0 Å². The molecule has 2 rings (SSSR count). The second kappa shape index (κ2) is 6.83. The summed E-state index contributed by atoms with van der Waals surface area (Å²) in [5.41, 5.74) is 3.40. The molecule has 0 aromatic heterocycles. The second-order valence-corrected chi connectivity index (χ2v) is 5.05. The summed E-state index contributed by atoms with van der Waals surface area (Å²) in [6.45, 7) is 3.92. The van der Waals surface area contributed by atoms with Gasteiger partial charge in [0.1, 0.15) is 0 Å². The van der Waals surface area contributed by atoms with E-state index in [-0.39, 0.29) is 0 Å². The average Bonchev–Trinajstić information content (AvgIpc) is 2.45. The third-order valence-electron chi connectivity index (χ3n) is 3.17. The van der Waals surface area contributed by atoms with Gasteiger partial charge in [-0.15, -0.1) is 11.6 Å². The van der Waals surface area contributed by atoms with Gasteiger partial charge < -0.3 is 4.90 Å². The van der Waals surface area contributed by atoms with Gasteiger partial charge in [0.2, 0.25) is 0 Å². The highest BCUT2D eigenvalue weighted by molar-refractivity contribution is 6.32. The first-order chi connectivity index (χ1) is 9.26. The predicted molar refractivity (Wildman–Crippen MR) is 84.2 cm³/mol. The smallest absolute Gasteiger partial charge is 0.0509 e. The Morgan fingerprint density at radius 2 is 1.74 bits per heavy atom. The van der Waals surface area contributed by atoms with Crippen molar-refractivity contribution < 1.29 is 0 Å². The molecule has 2 aromatic rings. The van der Waals surface area contributed by atoms with Gasteiger partial charge in [0.05, 0.1) is 5.88 Å². The highest BCUT2D eigenvalue weighted by Gasteiger charge is 2.12. The van der Waals surface area contributed by atoms with Gasteiger partial charge in [-0.2, -0.15) is 0 Å². The molecule has 0 aliphatic carbocycles. The molecule has 0 radical (unpaired) electrons. The van der Waals surface area contributed by atoms with Gasteiger partial charge in [0.15, 0.2) is 0 Å². The largest absolute Gasteiger partial charge is 0.367 e. The number of benzene rings is 2. The zero-order valence-electron chi connectivity index (χ0n) is 10.9. The molecule has 0 spiro atoms. The number of hydrogen-bond donors (Lipinski definition) is 0. The molecule has 0 bridgehead atoms. The number of halogens is 2. The Bertz CT molecular complexity index is 526. The van der Waals surface area contributed by atoms with Gasteiger partial charge in [0.25, 0.3) is 0 Å². The first kappa shape index (κ1) is 14.2. The summed E-state index contributed by atoms with van der Waals surface area (Å²) < 4.78 is 0. The topological polar surface area (TPSA) is 3.24 Å². The van der Waals surface area contributed by atoms with E-state index in [1.165, 1.54) is 5.56 Å². The maximum Gasteiger partial charge on any atom is 0.0509 e. The molecular weight excluding hydrogens is 277 g/mol.